The van der Waals surface area contributed by atoms with Gasteiger partial charge < -0.3 is 14.8 Å². The second kappa shape index (κ2) is 10.5. The summed E-state index contributed by atoms with van der Waals surface area (Å²) in [5.41, 5.74) is 3.72. The van der Waals surface area contributed by atoms with Gasteiger partial charge in [-0.3, -0.25) is 9.59 Å². The van der Waals surface area contributed by atoms with Crippen molar-refractivity contribution in [1.82, 2.24) is 9.78 Å². The van der Waals surface area contributed by atoms with Gasteiger partial charge in [-0.05, 0) is 86.6 Å². The van der Waals surface area contributed by atoms with Gasteiger partial charge in [0.15, 0.2) is 0 Å². The lowest BCUT2D eigenvalue weighted by atomic mass is 10.2. The minimum absolute atomic E-state index is 0.0513. The summed E-state index contributed by atoms with van der Waals surface area (Å²) in [6.45, 7) is 5.06. The Balaban J connectivity index is 1.40. The molecule has 0 spiro atoms. The second-order valence-corrected chi connectivity index (χ2v) is 10.1. The number of anilines is 2. The molecule has 2 amide bonds. The van der Waals surface area contributed by atoms with Crippen LogP contribution in [0.1, 0.15) is 28.7 Å². The molecule has 0 bridgehead atoms. The quantitative estimate of drug-likeness (QED) is 0.315. The van der Waals surface area contributed by atoms with Crippen LogP contribution in [-0.4, -0.2) is 30.0 Å². The Morgan fingerprint density at radius 3 is 1.97 bits per heavy atom. The van der Waals surface area contributed by atoms with Gasteiger partial charge in [0, 0.05) is 23.9 Å². The molecule has 0 fully saturated rings. The van der Waals surface area contributed by atoms with Crippen LogP contribution in [0.15, 0.2) is 77.7 Å². The summed E-state index contributed by atoms with van der Waals surface area (Å²) < 4.78 is 32.0. The molecule has 0 unspecified atom stereocenters. The van der Waals surface area contributed by atoms with Crippen LogP contribution in [0.25, 0.3) is 5.69 Å². The largest absolute Gasteiger partial charge is 0.379 e. The number of nitrogens with zero attached hydrogens (tertiary/aromatic N) is 2. The lowest BCUT2D eigenvalue weighted by Crippen LogP contribution is -2.13. The topological polar surface area (TPSA) is 119 Å². The maximum Gasteiger partial charge on any atom is 0.339 e. The first-order valence-electron chi connectivity index (χ1n) is 11.1. The molecule has 11 heteroatoms. The zero-order valence-electron chi connectivity index (χ0n) is 20.2. The molecule has 0 saturated carbocycles. The Morgan fingerprint density at radius 1 is 0.865 bits per heavy atom. The normalized spacial score (nSPS) is 11.1. The summed E-state index contributed by atoms with van der Waals surface area (Å²) in [7, 11) is -4.10. The molecular formula is C26H23ClN4O5S. The van der Waals surface area contributed by atoms with E-state index >= 15 is 0 Å². The van der Waals surface area contributed by atoms with E-state index in [4.69, 9.17) is 15.8 Å². The van der Waals surface area contributed by atoms with Gasteiger partial charge in [0.1, 0.15) is 10.6 Å². The molecule has 1 heterocycles. The summed E-state index contributed by atoms with van der Waals surface area (Å²) in [4.78, 5) is 23.7. The first-order valence-corrected chi connectivity index (χ1v) is 12.9. The van der Waals surface area contributed by atoms with E-state index in [1.165, 1.54) is 55.5 Å². The van der Waals surface area contributed by atoms with Gasteiger partial charge in [0.25, 0.3) is 5.91 Å². The SMILES string of the molecule is CC(=O)Nc1ccc(S(=O)(=O)Oc2ccc(C(=O)Nc3ccc(-n4nc(C)c(Cl)c4C)cc3)cc2)cc1. The Hall–Kier alpha value is -4.15. The van der Waals surface area contributed by atoms with E-state index < -0.39 is 10.1 Å². The fourth-order valence-electron chi connectivity index (χ4n) is 3.51. The van der Waals surface area contributed by atoms with E-state index in [1.54, 1.807) is 16.8 Å². The Morgan fingerprint density at radius 2 is 1.43 bits per heavy atom. The third-order valence-corrected chi connectivity index (χ3v) is 7.17. The van der Waals surface area contributed by atoms with Crippen molar-refractivity contribution in [1.29, 1.82) is 0 Å². The highest BCUT2D eigenvalue weighted by atomic mass is 35.5. The molecule has 0 saturated heterocycles. The molecule has 1 aromatic heterocycles. The molecular weight excluding hydrogens is 516 g/mol. The lowest BCUT2D eigenvalue weighted by Gasteiger charge is -2.10. The van der Waals surface area contributed by atoms with Crippen LogP contribution >= 0.6 is 11.6 Å². The monoisotopic (exact) mass is 538 g/mol. The average molecular weight is 539 g/mol. The number of halogens is 1. The van der Waals surface area contributed by atoms with Crippen LogP contribution in [0.2, 0.25) is 5.02 Å². The third-order valence-electron chi connectivity index (χ3n) is 5.36. The van der Waals surface area contributed by atoms with E-state index in [2.05, 4.69) is 15.7 Å². The van der Waals surface area contributed by atoms with Gasteiger partial charge >= 0.3 is 10.1 Å². The van der Waals surface area contributed by atoms with E-state index in [1.807, 2.05) is 26.0 Å². The highest BCUT2D eigenvalue weighted by Crippen LogP contribution is 2.24. The Kier molecular flexibility index (Phi) is 7.33. The molecule has 0 atom stereocenters. The minimum Gasteiger partial charge on any atom is -0.379 e. The number of carbonyl (C=O) groups excluding carboxylic acids is 2. The number of hydrogen-bond acceptors (Lipinski definition) is 6. The van der Waals surface area contributed by atoms with E-state index in [9.17, 15) is 18.0 Å². The van der Waals surface area contributed by atoms with E-state index in [0.717, 1.165) is 17.1 Å². The summed E-state index contributed by atoms with van der Waals surface area (Å²) in [6, 6.07) is 18.4. The number of carbonyl (C=O) groups is 2. The van der Waals surface area contributed by atoms with Crippen molar-refractivity contribution in [2.45, 2.75) is 25.7 Å². The number of rotatable bonds is 7. The lowest BCUT2D eigenvalue weighted by molar-refractivity contribution is -0.114. The molecule has 0 aliphatic carbocycles. The highest BCUT2D eigenvalue weighted by Gasteiger charge is 2.17. The Bertz CT molecular complexity index is 1560. The number of amides is 2. The first-order chi connectivity index (χ1) is 17.5. The minimum atomic E-state index is -4.10. The maximum absolute atomic E-state index is 12.7. The van der Waals surface area contributed by atoms with Crippen LogP contribution < -0.4 is 14.8 Å². The smallest absolute Gasteiger partial charge is 0.339 e. The van der Waals surface area contributed by atoms with Gasteiger partial charge in [-0.25, -0.2) is 4.68 Å². The molecule has 0 radical (unpaired) electrons. The summed E-state index contributed by atoms with van der Waals surface area (Å²) in [5.74, 6) is -0.585. The van der Waals surface area contributed by atoms with Gasteiger partial charge in [-0.1, -0.05) is 11.6 Å². The summed E-state index contributed by atoms with van der Waals surface area (Å²) in [6.07, 6.45) is 0. The van der Waals surface area contributed by atoms with Crippen molar-refractivity contribution >= 4 is 44.9 Å². The zero-order chi connectivity index (χ0) is 26.7. The first kappa shape index (κ1) is 25.9. The summed E-state index contributed by atoms with van der Waals surface area (Å²) in [5, 5.41) is 10.4. The number of hydrogen-bond donors (Lipinski definition) is 2. The van der Waals surface area contributed by atoms with Crippen molar-refractivity contribution in [3.8, 4) is 11.4 Å². The molecule has 4 rings (SSSR count). The molecule has 9 nitrogen and oxygen atoms in total. The number of nitrogens with one attached hydrogen (secondary N) is 2. The molecule has 2 N–H and O–H groups in total. The van der Waals surface area contributed by atoms with Gasteiger partial charge in [0.05, 0.1) is 22.1 Å². The van der Waals surface area contributed by atoms with Crippen molar-refractivity contribution in [2.24, 2.45) is 0 Å². The number of benzene rings is 3. The summed E-state index contributed by atoms with van der Waals surface area (Å²) >= 11 is 6.22. The van der Waals surface area contributed by atoms with Gasteiger partial charge in [-0.2, -0.15) is 13.5 Å². The molecule has 4 aromatic rings. The number of aromatic nitrogens is 2. The van der Waals surface area contributed by atoms with Crippen LogP contribution in [0.5, 0.6) is 5.75 Å². The van der Waals surface area contributed by atoms with Crippen molar-refractivity contribution < 1.29 is 22.2 Å². The average Bonchev–Trinajstić information content (AvgIpc) is 3.12. The van der Waals surface area contributed by atoms with Crippen molar-refractivity contribution in [3.05, 3.63) is 94.8 Å². The van der Waals surface area contributed by atoms with Crippen LogP contribution in [0, 0.1) is 13.8 Å². The molecule has 0 aliphatic heterocycles. The Labute approximate surface area is 219 Å². The van der Waals surface area contributed by atoms with Gasteiger partial charge in [-0.15, -0.1) is 0 Å². The molecule has 0 aliphatic rings. The molecule has 37 heavy (non-hydrogen) atoms. The van der Waals surface area contributed by atoms with E-state index in [0.29, 0.717) is 22.0 Å². The van der Waals surface area contributed by atoms with Crippen LogP contribution in [-0.2, 0) is 14.9 Å². The number of aryl methyl sites for hydroxylation is 1. The zero-order valence-corrected chi connectivity index (χ0v) is 21.7. The predicted molar refractivity (Wildman–Crippen MR) is 141 cm³/mol. The van der Waals surface area contributed by atoms with Crippen LogP contribution in [0.3, 0.4) is 0 Å². The van der Waals surface area contributed by atoms with Gasteiger partial charge in [0.2, 0.25) is 5.91 Å². The van der Waals surface area contributed by atoms with Crippen LogP contribution in [0.4, 0.5) is 11.4 Å². The van der Waals surface area contributed by atoms with Crippen molar-refractivity contribution in [2.75, 3.05) is 10.6 Å². The van der Waals surface area contributed by atoms with Crippen molar-refractivity contribution in [3.63, 3.8) is 0 Å². The van der Waals surface area contributed by atoms with E-state index in [-0.39, 0.29) is 22.5 Å². The standard InChI is InChI=1S/C26H23ClN4O5S/c1-16-25(27)17(2)31(30-16)22-10-6-21(7-11-22)29-26(33)19-4-12-23(13-5-19)36-37(34,35)24-14-8-20(9-15-24)28-18(3)32/h4-15H,1-3H3,(H,28,32)(H,29,33). The predicted octanol–water partition coefficient (Wildman–Crippen LogP) is 5.12. The fourth-order valence-corrected chi connectivity index (χ4v) is 4.56. The second-order valence-electron chi connectivity index (χ2n) is 8.17. The maximum atomic E-state index is 12.7. The molecule has 3 aromatic carbocycles. The molecule has 190 valence electrons. The fraction of sp³-hybridized carbons (Fsp3) is 0.115. The highest BCUT2D eigenvalue weighted by molar-refractivity contribution is 7.87. The third kappa shape index (κ3) is 5.99.